The molecule has 3 rings (SSSR count). The first-order chi connectivity index (χ1) is 11.1. The number of carbonyl (C=O) groups is 2. The predicted octanol–water partition coefficient (Wildman–Crippen LogP) is 3.05. The maximum Gasteiger partial charge on any atom is 0.306 e. The van der Waals surface area contributed by atoms with Crippen molar-refractivity contribution in [2.75, 3.05) is 12.0 Å². The van der Waals surface area contributed by atoms with Crippen molar-refractivity contribution in [3.63, 3.8) is 0 Å². The Bertz CT molecular complexity index is 741. The molecule has 1 heterocycles. The predicted molar refractivity (Wildman–Crippen MR) is 88.1 cm³/mol. The summed E-state index contributed by atoms with van der Waals surface area (Å²) in [6.45, 7) is 2.31. The molecule has 2 aromatic carbocycles. The van der Waals surface area contributed by atoms with E-state index in [9.17, 15) is 9.59 Å². The Balaban J connectivity index is 2.00. The van der Waals surface area contributed by atoms with Gasteiger partial charge in [-0.1, -0.05) is 48.5 Å². The minimum absolute atomic E-state index is 0.0463. The summed E-state index contributed by atoms with van der Waals surface area (Å²) < 4.78 is 4.78. The van der Waals surface area contributed by atoms with Crippen molar-refractivity contribution < 1.29 is 14.3 Å². The third-order valence-corrected chi connectivity index (χ3v) is 4.42. The molecule has 1 atom stereocenters. The first-order valence-corrected chi connectivity index (χ1v) is 7.58. The lowest BCUT2D eigenvalue weighted by molar-refractivity contribution is -0.144. The van der Waals surface area contributed by atoms with Gasteiger partial charge in [-0.25, -0.2) is 0 Å². The van der Waals surface area contributed by atoms with Crippen LogP contribution in [0.4, 0.5) is 5.69 Å². The van der Waals surface area contributed by atoms with E-state index in [1.54, 1.807) is 4.90 Å². The highest BCUT2D eigenvalue weighted by Gasteiger charge is 2.48. The van der Waals surface area contributed by atoms with Gasteiger partial charge in [0.25, 0.3) is 0 Å². The van der Waals surface area contributed by atoms with Crippen molar-refractivity contribution in [1.29, 1.82) is 0 Å². The molecule has 0 fully saturated rings. The summed E-state index contributed by atoms with van der Waals surface area (Å²) >= 11 is 0. The van der Waals surface area contributed by atoms with Crippen LogP contribution >= 0.6 is 0 Å². The van der Waals surface area contributed by atoms with Crippen LogP contribution in [0.2, 0.25) is 0 Å². The number of rotatable bonds is 4. The number of nitrogens with zero attached hydrogens (tertiary/aromatic N) is 1. The largest absolute Gasteiger partial charge is 0.469 e. The smallest absolute Gasteiger partial charge is 0.306 e. The fraction of sp³-hybridized carbons (Fsp3) is 0.263. The van der Waals surface area contributed by atoms with Crippen LogP contribution in [-0.4, -0.2) is 19.0 Å². The molecule has 0 saturated heterocycles. The number of para-hydroxylation sites is 1. The quantitative estimate of drug-likeness (QED) is 0.816. The minimum atomic E-state index is -0.877. The normalized spacial score (nSPS) is 19.6. The molecule has 0 aromatic heterocycles. The van der Waals surface area contributed by atoms with E-state index < -0.39 is 5.41 Å². The van der Waals surface area contributed by atoms with Crippen molar-refractivity contribution in [3.05, 3.63) is 65.7 Å². The van der Waals surface area contributed by atoms with E-state index in [4.69, 9.17) is 4.74 Å². The van der Waals surface area contributed by atoms with Crippen LogP contribution in [0, 0.1) is 0 Å². The lowest BCUT2D eigenvalue weighted by atomic mass is 9.81. The molecule has 0 N–H and O–H groups in total. The molecule has 0 bridgehead atoms. The Morgan fingerprint density at radius 1 is 1.09 bits per heavy atom. The van der Waals surface area contributed by atoms with E-state index in [0.29, 0.717) is 6.54 Å². The molecule has 1 amide bonds. The lowest BCUT2D eigenvalue weighted by Gasteiger charge is -2.23. The fourth-order valence-corrected chi connectivity index (χ4v) is 3.15. The van der Waals surface area contributed by atoms with Gasteiger partial charge < -0.3 is 9.64 Å². The van der Waals surface area contributed by atoms with Gasteiger partial charge in [-0.05, 0) is 24.1 Å². The van der Waals surface area contributed by atoms with Crippen molar-refractivity contribution in [2.24, 2.45) is 0 Å². The molecule has 0 saturated carbocycles. The van der Waals surface area contributed by atoms with Crippen LogP contribution in [0.1, 0.15) is 24.5 Å². The van der Waals surface area contributed by atoms with Crippen LogP contribution in [0.3, 0.4) is 0 Å². The number of esters is 1. The highest BCUT2D eigenvalue weighted by Crippen LogP contribution is 2.44. The third-order valence-electron chi connectivity index (χ3n) is 4.42. The number of anilines is 1. The van der Waals surface area contributed by atoms with Crippen LogP contribution in [0.15, 0.2) is 54.6 Å². The van der Waals surface area contributed by atoms with Crippen molar-refractivity contribution in [3.8, 4) is 0 Å². The molecule has 1 aliphatic heterocycles. The van der Waals surface area contributed by atoms with E-state index in [2.05, 4.69) is 0 Å². The Kier molecular flexibility index (Phi) is 3.90. The molecule has 0 aliphatic carbocycles. The Morgan fingerprint density at radius 2 is 1.74 bits per heavy atom. The maximum atomic E-state index is 13.1. The van der Waals surface area contributed by atoms with Gasteiger partial charge in [-0.2, -0.15) is 0 Å². The molecule has 4 heteroatoms. The Labute approximate surface area is 135 Å². The fourth-order valence-electron chi connectivity index (χ4n) is 3.15. The molecule has 118 valence electrons. The van der Waals surface area contributed by atoms with E-state index in [-0.39, 0.29) is 18.3 Å². The topological polar surface area (TPSA) is 46.6 Å². The average Bonchev–Trinajstić information content (AvgIpc) is 2.78. The SMILES string of the molecule is COC(=O)CC1(C)C(=O)N(Cc2ccccc2)c2ccccc21. The summed E-state index contributed by atoms with van der Waals surface area (Å²) in [5.74, 6) is -0.440. The first-order valence-electron chi connectivity index (χ1n) is 7.58. The number of hydrogen-bond donors (Lipinski definition) is 0. The molecule has 0 spiro atoms. The zero-order chi connectivity index (χ0) is 16.4. The number of ether oxygens (including phenoxy) is 1. The van der Waals surface area contributed by atoms with E-state index in [1.807, 2.05) is 61.5 Å². The van der Waals surface area contributed by atoms with Crippen LogP contribution < -0.4 is 4.90 Å². The second kappa shape index (κ2) is 5.88. The average molecular weight is 309 g/mol. The van der Waals surface area contributed by atoms with E-state index >= 15 is 0 Å². The van der Waals surface area contributed by atoms with Crippen molar-refractivity contribution in [2.45, 2.75) is 25.3 Å². The summed E-state index contributed by atoms with van der Waals surface area (Å²) in [6.07, 6.45) is 0.0463. The first kappa shape index (κ1) is 15.3. The van der Waals surface area contributed by atoms with Gasteiger partial charge in [0.15, 0.2) is 0 Å². The molecular formula is C19H19NO3. The zero-order valence-electron chi connectivity index (χ0n) is 13.3. The molecule has 1 aliphatic rings. The number of amides is 1. The molecular weight excluding hydrogens is 290 g/mol. The number of benzene rings is 2. The molecule has 2 aromatic rings. The van der Waals surface area contributed by atoms with Gasteiger partial charge in [0.05, 0.1) is 25.5 Å². The van der Waals surface area contributed by atoms with Gasteiger partial charge in [0, 0.05) is 5.69 Å². The van der Waals surface area contributed by atoms with Crippen molar-refractivity contribution >= 4 is 17.6 Å². The maximum absolute atomic E-state index is 13.1. The number of hydrogen-bond acceptors (Lipinski definition) is 3. The summed E-state index contributed by atoms with van der Waals surface area (Å²) in [5, 5.41) is 0. The van der Waals surface area contributed by atoms with Gasteiger partial charge in [0.2, 0.25) is 5.91 Å². The second-order valence-electron chi connectivity index (χ2n) is 5.98. The zero-order valence-corrected chi connectivity index (χ0v) is 13.3. The van der Waals surface area contributed by atoms with Crippen LogP contribution in [0.25, 0.3) is 0 Å². The van der Waals surface area contributed by atoms with Gasteiger partial charge >= 0.3 is 5.97 Å². The summed E-state index contributed by atoms with van der Waals surface area (Å²) in [5.41, 5.74) is 1.93. The number of carbonyl (C=O) groups excluding carboxylic acids is 2. The third kappa shape index (κ3) is 2.61. The minimum Gasteiger partial charge on any atom is -0.469 e. The van der Waals surface area contributed by atoms with Gasteiger partial charge in [-0.15, -0.1) is 0 Å². The number of methoxy groups -OCH3 is 1. The monoisotopic (exact) mass is 309 g/mol. The summed E-state index contributed by atoms with van der Waals surface area (Å²) in [7, 11) is 1.35. The second-order valence-corrected chi connectivity index (χ2v) is 5.98. The Hall–Kier alpha value is -2.62. The van der Waals surface area contributed by atoms with Gasteiger partial charge in [0.1, 0.15) is 0 Å². The standard InChI is InChI=1S/C19H19NO3/c1-19(12-17(21)23-2)15-10-6-7-11-16(15)20(18(19)22)13-14-8-4-3-5-9-14/h3-11H,12-13H2,1-2H3. The molecule has 0 radical (unpaired) electrons. The molecule has 4 nitrogen and oxygen atoms in total. The highest BCUT2D eigenvalue weighted by atomic mass is 16.5. The van der Waals surface area contributed by atoms with Crippen LogP contribution in [-0.2, 0) is 26.3 Å². The van der Waals surface area contributed by atoms with E-state index in [1.165, 1.54) is 7.11 Å². The Morgan fingerprint density at radius 3 is 2.43 bits per heavy atom. The van der Waals surface area contributed by atoms with E-state index in [0.717, 1.165) is 16.8 Å². The van der Waals surface area contributed by atoms with Crippen molar-refractivity contribution in [1.82, 2.24) is 0 Å². The number of fused-ring (bicyclic) bond motifs is 1. The summed E-state index contributed by atoms with van der Waals surface area (Å²) in [4.78, 5) is 26.6. The summed E-state index contributed by atoms with van der Waals surface area (Å²) in [6, 6.07) is 17.5. The van der Waals surface area contributed by atoms with Gasteiger partial charge in [-0.3, -0.25) is 9.59 Å². The molecule has 1 unspecified atom stereocenters. The molecule has 23 heavy (non-hydrogen) atoms. The highest BCUT2D eigenvalue weighted by molar-refractivity contribution is 6.09. The van der Waals surface area contributed by atoms with Crippen LogP contribution in [0.5, 0.6) is 0 Å². The lowest BCUT2D eigenvalue weighted by Crippen LogP contribution is -2.39.